The first-order valence-electron chi connectivity index (χ1n) is 6.74. The molecule has 3 atom stereocenters. The zero-order chi connectivity index (χ0) is 13.5. The Morgan fingerprint density at radius 2 is 1.65 bits per heavy atom. The summed E-state index contributed by atoms with van der Waals surface area (Å²) in [7, 11) is -1.53. The monoisotopic (exact) mass is 256 g/mol. The quantitative estimate of drug-likeness (QED) is 0.533. The Labute approximate surface area is 108 Å². The molecule has 1 N–H and O–H groups in total. The minimum Gasteiger partial charge on any atom is -0.416 e. The lowest BCUT2D eigenvalue weighted by Crippen LogP contribution is -2.39. The first-order valence-corrected chi connectivity index (χ1v) is 9.27. The molecule has 0 aromatic carbocycles. The predicted octanol–water partition coefficient (Wildman–Crippen LogP) is 3.27. The van der Waals surface area contributed by atoms with Crippen molar-refractivity contribution in [1.82, 2.24) is 0 Å². The Hall–Kier alpha value is -0.303. The Morgan fingerprint density at radius 1 is 1.18 bits per heavy atom. The van der Waals surface area contributed by atoms with Gasteiger partial charge in [0.25, 0.3) is 0 Å². The summed E-state index contributed by atoms with van der Waals surface area (Å²) in [6.07, 6.45) is 4.87. The van der Waals surface area contributed by atoms with Crippen molar-refractivity contribution in [1.29, 1.82) is 0 Å². The van der Waals surface area contributed by atoms with E-state index in [0.717, 1.165) is 18.1 Å². The average molecular weight is 256 g/mol. The van der Waals surface area contributed by atoms with Crippen molar-refractivity contribution in [2.75, 3.05) is 6.61 Å². The summed E-state index contributed by atoms with van der Waals surface area (Å²) < 4.78 is 6.17. The van der Waals surface area contributed by atoms with E-state index >= 15 is 0 Å². The van der Waals surface area contributed by atoms with Crippen molar-refractivity contribution in [3.8, 4) is 12.3 Å². The normalized spacial score (nSPS) is 17.2. The van der Waals surface area contributed by atoms with E-state index in [1.165, 1.54) is 0 Å². The highest BCUT2D eigenvalue weighted by molar-refractivity contribution is 6.73. The van der Waals surface area contributed by atoms with Crippen molar-refractivity contribution in [3.05, 3.63) is 0 Å². The molecule has 0 aromatic rings. The Balaban J connectivity index is 4.31. The summed E-state index contributed by atoms with van der Waals surface area (Å²) in [5.74, 6) is 2.60. The molecule has 0 fully saturated rings. The highest BCUT2D eigenvalue weighted by Crippen LogP contribution is 2.23. The van der Waals surface area contributed by atoms with Crippen LogP contribution in [0.5, 0.6) is 0 Å². The second-order valence-corrected chi connectivity index (χ2v) is 9.75. The zero-order valence-electron chi connectivity index (χ0n) is 12.0. The van der Waals surface area contributed by atoms with E-state index in [1.807, 2.05) is 13.8 Å². The fraction of sp³-hybridized carbons (Fsp3) is 0.857. The SMILES string of the molecule is C#C[C@H](C)[C@@H](O)[C@@H](C)CO[Si](CC)(CC)CC. The molecule has 3 heteroatoms. The molecule has 0 aromatic heterocycles. The molecule has 0 saturated carbocycles. The van der Waals surface area contributed by atoms with Gasteiger partial charge in [-0.15, -0.1) is 12.3 Å². The van der Waals surface area contributed by atoms with Gasteiger partial charge in [-0.3, -0.25) is 0 Å². The summed E-state index contributed by atoms with van der Waals surface area (Å²) in [4.78, 5) is 0. The van der Waals surface area contributed by atoms with Crippen LogP contribution in [0.2, 0.25) is 18.1 Å². The summed E-state index contributed by atoms with van der Waals surface area (Å²) in [6.45, 7) is 11.2. The molecule has 17 heavy (non-hydrogen) atoms. The Bertz CT molecular complexity index is 235. The van der Waals surface area contributed by atoms with Crippen LogP contribution in [0.15, 0.2) is 0 Å². The maximum Gasteiger partial charge on any atom is 0.191 e. The van der Waals surface area contributed by atoms with Crippen LogP contribution < -0.4 is 0 Å². The Morgan fingerprint density at radius 3 is 2.00 bits per heavy atom. The van der Waals surface area contributed by atoms with Gasteiger partial charge in [-0.05, 0) is 25.1 Å². The highest BCUT2D eigenvalue weighted by Gasteiger charge is 2.30. The van der Waals surface area contributed by atoms with E-state index in [2.05, 4.69) is 26.7 Å². The number of rotatable bonds is 8. The molecule has 0 aliphatic carbocycles. The minimum atomic E-state index is -1.53. The smallest absolute Gasteiger partial charge is 0.191 e. The summed E-state index contributed by atoms with van der Waals surface area (Å²) in [6, 6.07) is 3.44. The Kier molecular flexibility index (Phi) is 7.77. The van der Waals surface area contributed by atoms with Gasteiger partial charge in [-0.2, -0.15) is 0 Å². The molecular weight excluding hydrogens is 228 g/mol. The maximum atomic E-state index is 9.99. The lowest BCUT2D eigenvalue weighted by atomic mass is 9.95. The second-order valence-electron chi connectivity index (χ2n) is 4.98. The molecule has 0 heterocycles. The molecule has 0 unspecified atom stereocenters. The van der Waals surface area contributed by atoms with Gasteiger partial charge in [-0.1, -0.05) is 27.7 Å². The number of aliphatic hydroxyl groups excluding tert-OH is 1. The third-order valence-corrected chi connectivity index (χ3v) is 8.59. The van der Waals surface area contributed by atoms with Crippen LogP contribution in [0.1, 0.15) is 34.6 Å². The van der Waals surface area contributed by atoms with E-state index in [0.29, 0.717) is 6.61 Å². The third-order valence-electron chi connectivity index (χ3n) is 3.94. The lowest BCUT2D eigenvalue weighted by Gasteiger charge is -2.31. The summed E-state index contributed by atoms with van der Waals surface area (Å²) in [5.41, 5.74) is 0. The molecule has 0 saturated heterocycles. The maximum absolute atomic E-state index is 9.99. The molecule has 0 amide bonds. The van der Waals surface area contributed by atoms with Crippen LogP contribution in [-0.4, -0.2) is 26.1 Å². The van der Waals surface area contributed by atoms with Crippen LogP contribution in [-0.2, 0) is 4.43 Å². The predicted molar refractivity (Wildman–Crippen MR) is 76.3 cm³/mol. The number of hydrogen-bond donors (Lipinski definition) is 1. The van der Waals surface area contributed by atoms with Crippen LogP contribution in [0.3, 0.4) is 0 Å². The number of aliphatic hydroxyl groups is 1. The van der Waals surface area contributed by atoms with E-state index in [-0.39, 0.29) is 11.8 Å². The van der Waals surface area contributed by atoms with Gasteiger partial charge in [0.15, 0.2) is 8.32 Å². The molecule has 0 rings (SSSR count). The molecule has 0 bridgehead atoms. The van der Waals surface area contributed by atoms with Crippen molar-refractivity contribution < 1.29 is 9.53 Å². The molecule has 2 nitrogen and oxygen atoms in total. The summed E-state index contributed by atoms with van der Waals surface area (Å²) in [5, 5.41) is 9.99. The molecule has 0 aliphatic heterocycles. The standard InChI is InChI=1S/C14H28O2Si/c1-7-12(5)14(15)13(6)11-16-17(8-2,9-3)10-4/h1,12-15H,8-11H2,2-6H3/t12-,13-,14+/m0/s1. The zero-order valence-corrected chi connectivity index (χ0v) is 13.0. The topological polar surface area (TPSA) is 29.5 Å². The van der Waals surface area contributed by atoms with Crippen LogP contribution in [0.4, 0.5) is 0 Å². The lowest BCUT2D eigenvalue weighted by molar-refractivity contribution is 0.0573. The number of hydrogen-bond acceptors (Lipinski definition) is 2. The van der Waals surface area contributed by atoms with Gasteiger partial charge >= 0.3 is 0 Å². The van der Waals surface area contributed by atoms with Crippen molar-refractivity contribution in [3.63, 3.8) is 0 Å². The summed E-state index contributed by atoms with van der Waals surface area (Å²) >= 11 is 0. The van der Waals surface area contributed by atoms with E-state index < -0.39 is 14.4 Å². The van der Waals surface area contributed by atoms with Gasteiger partial charge in [0.2, 0.25) is 0 Å². The molecule has 0 radical (unpaired) electrons. The van der Waals surface area contributed by atoms with E-state index in [1.54, 1.807) is 0 Å². The number of terminal acetylenes is 1. The molecule has 0 spiro atoms. The van der Waals surface area contributed by atoms with E-state index in [9.17, 15) is 5.11 Å². The van der Waals surface area contributed by atoms with E-state index in [4.69, 9.17) is 10.8 Å². The van der Waals surface area contributed by atoms with Gasteiger partial charge in [0.1, 0.15) is 0 Å². The third kappa shape index (κ3) is 4.83. The average Bonchev–Trinajstić information content (AvgIpc) is 2.38. The van der Waals surface area contributed by atoms with Crippen LogP contribution in [0.25, 0.3) is 0 Å². The highest BCUT2D eigenvalue weighted by atomic mass is 28.4. The van der Waals surface area contributed by atoms with Gasteiger partial charge in [0.05, 0.1) is 6.10 Å². The van der Waals surface area contributed by atoms with Crippen LogP contribution >= 0.6 is 0 Å². The first-order chi connectivity index (χ1) is 7.96. The second kappa shape index (κ2) is 7.92. The molecule has 100 valence electrons. The van der Waals surface area contributed by atoms with Crippen molar-refractivity contribution in [2.45, 2.75) is 58.9 Å². The largest absolute Gasteiger partial charge is 0.416 e. The first kappa shape index (κ1) is 16.7. The van der Waals surface area contributed by atoms with Crippen molar-refractivity contribution >= 4 is 8.32 Å². The fourth-order valence-electron chi connectivity index (χ4n) is 2.05. The van der Waals surface area contributed by atoms with Gasteiger partial charge in [0, 0.05) is 18.4 Å². The molecule has 0 aliphatic rings. The van der Waals surface area contributed by atoms with Gasteiger partial charge in [-0.25, -0.2) is 0 Å². The van der Waals surface area contributed by atoms with Crippen molar-refractivity contribution in [2.24, 2.45) is 11.8 Å². The van der Waals surface area contributed by atoms with Gasteiger partial charge < -0.3 is 9.53 Å². The fourth-order valence-corrected chi connectivity index (χ4v) is 4.78. The molecular formula is C14H28O2Si. The minimum absolute atomic E-state index is 0.102. The van der Waals surface area contributed by atoms with Crippen LogP contribution in [0, 0.1) is 24.2 Å².